The van der Waals surface area contributed by atoms with Gasteiger partial charge >= 0.3 is 0 Å². The van der Waals surface area contributed by atoms with Gasteiger partial charge in [-0.25, -0.2) is 5.84 Å². The van der Waals surface area contributed by atoms with E-state index in [1.165, 1.54) is 10.9 Å². The van der Waals surface area contributed by atoms with Crippen LogP contribution < -0.4 is 11.3 Å². The number of carbonyl (C=O) groups is 1. The number of nitrogens with two attached hydrogens (primary N) is 1. The van der Waals surface area contributed by atoms with Crippen LogP contribution in [0.25, 0.3) is 10.9 Å². The van der Waals surface area contributed by atoms with E-state index in [0.717, 1.165) is 12.1 Å². The first-order valence-electron chi connectivity index (χ1n) is 6.42. The number of fused-ring (bicyclic) bond motifs is 1. The zero-order chi connectivity index (χ0) is 13.9. The SMILES string of the molecule is NNC(=O)c1ccc(Cn2ccc3ccccc32)cc1. The van der Waals surface area contributed by atoms with Gasteiger partial charge in [-0.3, -0.25) is 10.2 Å². The number of amides is 1. The lowest BCUT2D eigenvalue weighted by Gasteiger charge is -2.06. The fourth-order valence-corrected chi connectivity index (χ4v) is 2.32. The summed E-state index contributed by atoms with van der Waals surface area (Å²) in [4.78, 5) is 11.4. The van der Waals surface area contributed by atoms with Gasteiger partial charge in [-0.1, -0.05) is 30.3 Å². The minimum Gasteiger partial charge on any atom is -0.343 e. The molecule has 1 heterocycles. The van der Waals surface area contributed by atoms with E-state index in [4.69, 9.17) is 5.84 Å². The number of hydrogen-bond donors (Lipinski definition) is 2. The number of rotatable bonds is 3. The van der Waals surface area contributed by atoms with Crippen molar-refractivity contribution in [2.75, 3.05) is 0 Å². The molecule has 0 aliphatic rings. The van der Waals surface area contributed by atoms with E-state index in [1.54, 1.807) is 12.1 Å². The highest BCUT2D eigenvalue weighted by Gasteiger charge is 2.04. The van der Waals surface area contributed by atoms with Crippen molar-refractivity contribution in [3.8, 4) is 0 Å². The number of hydrazine groups is 1. The van der Waals surface area contributed by atoms with Crippen molar-refractivity contribution in [3.63, 3.8) is 0 Å². The molecular formula is C16H15N3O. The molecule has 0 atom stereocenters. The fourth-order valence-electron chi connectivity index (χ4n) is 2.32. The molecule has 0 saturated heterocycles. The Kier molecular flexibility index (Phi) is 3.23. The van der Waals surface area contributed by atoms with Gasteiger partial charge in [0.05, 0.1) is 0 Å². The van der Waals surface area contributed by atoms with E-state index in [0.29, 0.717) is 5.56 Å². The number of carbonyl (C=O) groups excluding carboxylic acids is 1. The number of aromatic nitrogens is 1. The van der Waals surface area contributed by atoms with Crippen LogP contribution in [0.1, 0.15) is 15.9 Å². The number of benzene rings is 2. The largest absolute Gasteiger partial charge is 0.343 e. The molecule has 2 aromatic carbocycles. The van der Waals surface area contributed by atoms with Gasteiger partial charge in [-0.05, 0) is 35.2 Å². The second-order valence-electron chi connectivity index (χ2n) is 4.67. The number of para-hydroxylation sites is 1. The zero-order valence-electron chi connectivity index (χ0n) is 10.9. The van der Waals surface area contributed by atoms with Crippen LogP contribution in [-0.4, -0.2) is 10.5 Å². The molecular weight excluding hydrogens is 250 g/mol. The van der Waals surface area contributed by atoms with Gasteiger partial charge in [-0.2, -0.15) is 0 Å². The van der Waals surface area contributed by atoms with Gasteiger partial charge in [0, 0.05) is 23.8 Å². The highest BCUT2D eigenvalue weighted by atomic mass is 16.2. The predicted octanol–water partition coefficient (Wildman–Crippen LogP) is 2.29. The Morgan fingerprint density at radius 1 is 1.05 bits per heavy atom. The van der Waals surface area contributed by atoms with Crippen LogP contribution in [0.3, 0.4) is 0 Å². The van der Waals surface area contributed by atoms with Crippen molar-refractivity contribution < 1.29 is 4.79 Å². The standard InChI is InChI=1S/C16H15N3O/c17-18-16(20)14-7-5-12(6-8-14)11-19-10-9-13-3-1-2-4-15(13)19/h1-10H,11,17H2,(H,18,20). The molecule has 0 bridgehead atoms. The third-order valence-electron chi connectivity index (χ3n) is 3.38. The average Bonchev–Trinajstić information content (AvgIpc) is 2.91. The highest BCUT2D eigenvalue weighted by molar-refractivity contribution is 5.93. The summed E-state index contributed by atoms with van der Waals surface area (Å²) in [6.07, 6.45) is 2.07. The summed E-state index contributed by atoms with van der Waals surface area (Å²) in [5.41, 5.74) is 5.03. The monoisotopic (exact) mass is 265 g/mol. The Morgan fingerprint density at radius 2 is 1.80 bits per heavy atom. The summed E-state index contributed by atoms with van der Waals surface area (Å²) in [5.74, 6) is 4.84. The maximum Gasteiger partial charge on any atom is 0.265 e. The molecule has 0 unspecified atom stereocenters. The second-order valence-corrected chi connectivity index (χ2v) is 4.67. The smallest absolute Gasteiger partial charge is 0.265 e. The Hall–Kier alpha value is -2.59. The molecule has 0 aliphatic carbocycles. The van der Waals surface area contributed by atoms with E-state index < -0.39 is 0 Å². The molecule has 3 rings (SSSR count). The van der Waals surface area contributed by atoms with Gasteiger partial charge < -0.3 is 4.57 Å². The van der Waals surface area contributed by atoms with Crippen LogP contribution >= 0.6 is 0 Å². The summed E-state index contributed by atoms with van der Waals surface area (Å²) in [5, 5.41) is 1.23. The average molecular weight is 265 g/mol. The van der Waals surface area contributed by atoms with Crippen molar-refractivity contribution in [2.24, 2.45) is 5.84 Å². The lowest BCUT2D eigenvalue weighted by molar-refractivity contribution is 0.0953. The van der Waals surface area contributed by atoms with Gasteiger partial charge in [0.15, 0.2) is 0 Å². The van der Waals surface area contributed by atoms with Crippen molar-refractivity contribution in [1.29, 1.82) is 0 Å². The molecule has 3 N–H and O–H groups in total. The van der Waals surface area contributed by atoms with Crippen LogP contribution in [0.4, 0.5) is 0 Å². The second kappa shape index (κ2) is 5.19. The van der Waals surface area contributed by atoms with Gasteiger partial charge in [0.25, 0.3) is 5.91 Å². The summed E-state index contributed by atoms with van der Waals surface area (Å²) in [6, 6.07) is 17.8. The summed E-state index contributed by atoms with van der Waals surface area (Å²) >= 11 is 0. The minimum atomic E-state index is -0.275. The summed E-state index contributed by atoms with van der Waals surface area (Å²) in [7, 11) is 0. The van der Waals surface area contributed by atoms with Crippen LogP contribution in [0.2, 0.25) is 0 Å². The van der Waals surface area contributed by atoms with Crippen LogP contribution in [0.5, 0.6) is 0 Å². The third kappa shape index (κ3) is 2.29. The van der Waals surface area contributed by atoms with Crippen molar-refractivity contribution in [2.45, 2.75) is 6.54 Å². The molecule has 4 heteroatoms. The normalized spacial score (nSPS) is 10.7. The lowest BCUT2D eigenvalue weighted by Crippen LogP contribution is -2.29. The first-order chi connectivity index (χ1) is 9.78. The first kappa shape index (κ1) is 12.4. The molecule has 4 nitrogen and oxygen atoms in total. The van der Waals surface area contributed by atoms with Crippen molar-refractivity contribution in [3.05, 3.63) is 71.9 Å². The molecule has 0 aliphatic heterocycles. The van der Waals surface area contributed by atoms with Crippen LogP contribution in [0.15, 0.2) is 60.8 Å². The highest BCUT2D eigenvalue weighted by Crippen LogP contribution is 2.17. The molecule has 0 fully saturated rings. The van der Waals surface area contributed by atoms with Crippen molar-refractivity contribution >= 4 is 16.8 Å². The predicted molar refractivity (Wildman–Crippen MR) is 79.1 cm³/mol. The molecule has 1 amide bonds. The molecule has 0 spiro atoms. The Balaban J connectivity index is 1.86. The topological polar surface area (TPSA) is 60.0 Å². The van der Waals surface area contributed by atoms with E-state index in [2.05, 4.69) is 34.4 Å². The minimum absolute atomic E-state index is 0.275. The lowest BCUT2D eigenvalue weighted by atomic mass is 10.1. The van der Waals surface area contributed by atoms with Crippen LogP contribution in [-0.2, 0) is 6.54 Å². The zero-order valence-corrected chi connectivity index (χ0v) is 10.9. The molecule has 0 radical (unpaired) electrons. The summed E-state index contributed by atoms with van der Waals surface area (Å²) in [6.45, 7) is 0.776. The molecule has 1 aromatic heterocycles. The molecule has 3 aromatic rings. The Morgan fingerprint density at radius 3 is 2.55 bits per heavy atom. The van der Waals surface area contributed by atoms with Gasteiger partial charge in [0.1, 0.15) is 0 Å². The first-order valence-corrected chi connectivity index (χ1v) is 6.42. The maximum absolute atomic E-state index is 11.4. The summed E-state index contributed by atoms with van der Waals surface area (Å²) < 4.78 is 2.19. The van der Waals surface area contributed by atoms with E-state index in [-0.39, 0.29) is 5.91 Å². The van der Waals surface area contributed by atoms with E-state index >= 15 is 0 Å². The number of nitrogen functional groups attached to an aromatic ring is 1. The van der Waals surface area contributed by atoms with E-state index in [9.17, 15) is 4.79 Å². The van der Waals surface area contributed by atoms with Crippen molar-refractivity contribution in [1.82, 2.24) is 9.99 Å². The quantitative estimate of drug-likeness (QED) is 0.433. The number of nitrogens with zero attached hydrogens (tertiary/aromatic N) is 1. The number of hydrogen-bond acceptors (Lipinski definition) is 2. The molecule has 20 heavy (non-hydrogen) atoms. The third-order valence-corrected chi connectivity index (χ3v) is 3.38. The molecule has 100 valence electrons. The van der Waals surface area contributed by atoms with E-state index in [1.807, 2.05) is 24.3 Å². The van der Waals surface area contributed by atoms with Gasteiger partial charge in [-0.15, -0.1) is 0 Å². The Labute approximate surface area is 116 Å². The van der Waals surface area contributed by atoms with Crippen LogP contribution in [0, 0.1) is 0 Å². The fraction of sp³-hybridized carbons (Fsp3) is 0.0625. The molecule has 0 saturated carbocycles. The maximum atomic E-state index is 11.4. The number of nitrogens with one attached hydrogen (secondary N) is 1. The van der Waals surface area contributed by atoms with Gasteiger partial charge in [0.2, 0.25) is 0 Å². The Bertz CT molecular complexity index is 744.